The second kappa shape index (κ2) is 4.97. The first-order valence-corrected chi connectivity index (χ1v) is 6.51. The fraction of sp³-hybridized carbons (Fsp3) is 0.438. The highest BCUT2D eigenvalue weighted by Crippen LogP contribution is 2.29. The Morgan fingerprint density at radius 2 is 2.11 bits per heavy atom. The number of hydrogen-bond donors (Lipinski definition) is 0. The smallest absolute Gasteiger partial charge is 0.232 e. The van der Waals surface area contributed by atoms with Gasteiger partial charge in [0.1, 0.15) is 0 Å². The maximum absolute atomic E-state index is 12.5. The van der Waals surface area contributed by atoms with Crippen molar-refractivity contribution in [3.8, 4) is 0 Å². The zero-order chi connectivity index (χ0) is 13.2. The summed E-state index contributed by atoms with van der Waals surface area (Å²) in [5.74, 6) is 0.564. The Morgan fingerprint density at radius 3 is 2.72 bits per heavy atom. The Balaban J connectivity index is 2.14. The van der Waals surface area contributed by atoms with Crippen molar-refractivity contribution in [3.63, 3.8) is 0 Å². The third-order valence-electron chi connectivity index (χ3n) is 3.77. The van der Waals surface area contributed by atoms with Crippen LogP contribution >= 0.6 is 0 Å². The lowest BCUT2D eigenvalue weighted by Gasteiger charge is -2.34. The normalized spacial score (nSPS) is 26.7. The fourth-order valence-electron chi connectivity index (χ4n) is 2.44. The zero-order valence-electron chi connectivity index (χ0n) is 11.2. The SMILES string of the molecule is C=CC(C)(C)C(=O)N1CC=C[C@H]1C1C=CC=CC1. The van der Waals surface area contributed by atoms with E-state index >= 15 is 0 Å². The van der Waals surface area contributed by atoms with Gasteiger partial charge in [-0.05, 0) is 20.3 Å². The summed E-state index contributed by atoms with van der Waals surface area (Å²) in [4.78, 5) is 14.5. The Kier molecular flexibility index (Phi) is 3.55. The van der Waals surface area contributed by atoms with E-state index < -0.39 is 5.41 Å². The third kappa shape index (κ3) is 2.33. The first kappa shape index (κ1) is 12.9. The van der Waals surface area contributed by atoms with E-state index in [1.165, 1.54) is 0 Å². The molecular formula is C16H21NO. The maximum Gasteiger partial charge on any atom is 0.232 e. The van der Waals surface area contributed by atoms with E-state index in [0.717, 1.165) is 13.0 Å². The summed E-state index contributed by atoms with van der Waals surface area (Å²) in [5.41, 5.74) is -0.488. The van der Waals surface area contributed by atoms with Crippen molar-refractivity contribution in [2.24, 2.45) is 11.3 Å². The van der Waals surface area contributed by atoms with Crippen LogP contribution in [-0.2, 0) is 4.79 Å². The molecular weight excluding hydrogens is 222 g/mol. The van der Waals surface area contributed by atoms with Crippen LogP contribution in [-0.4, -0.2) is 23.4 Å². The number of allylic oxidation sites excluding steroid dienone is 3. The van der Waals surface area contributed by atoms with Crippen LogP contribution in [0.2, 0.25) is 0 Å². The lowest BCUT2D eigenvalue weighted by molar-refractivity contribution is -0.138. The fourth-order valence-corrected chi connectivity index (χ4v) is 2.44. The van der Waals surface area contributed by atoms with Crippen LogP contribution in [0.1, 0.15) is 20.3 Å². The number of amides is 1. The molecule has 1 heterocycles. The van der Waals surface area contributed by atoms with Crippen LogP contribution < -0.4 is 0 Å². The molecule has 96 valence electrons. The number of nitrogens with zero attached hydrogens (tertiary/aromatic N) is 1. The first-order chi connectivity index (χ1) is 8.56. The minimum Gasteiger partial charge on any atom is -0.331 e. The molecule has 0 saturated carbocycles. The van der Waals surface area contributed by atoms with Gasteiger partial charge in [-0.3, -0.25) is 4.79 Å². The molecule has 0 bridgehead atoms. The molecule has 0 fully saturated rings. The molecule has 1 aliphatic heterocycles. The molecule has 2 atom stereocenters. The van der Waals surface area contributed by atoms with Crippen LogP contribution in [0.4, 0.5) is 0 Å². The van der Waals surface area contributed by atoms with E-state index in [1.54, 1.807) is 6.08 Å². The van der Waals surface area contributed by atoms with Crippen molar-refractivity contribution >= 4 is 5.91 Å². The van der Waals surface area contributed by atoms with Gasteiger partial charge in [0, 0.05) is 12.5 Å². The summed E-state index contributed by atoms with van der Waals surface area (Å²) in [6.45, 7) is 8.34. The predicted molar refractivity (Wildman–Crippen MR) is 75.0 cm³/mol. The van der Waals surface area contributed by atoms with Crippen molar-refractivity contribution in [3.05, 3.63) is 49.1 Å². The van der Waals surface area contributed by atoms with Gasteiger partial charge < -0.3 is 4.90 Å². The van der Waals surface area contributed by atoms with Crippen molar-refractivity contribution in [2.45, 2.75) is 26.3 Å². The van der Waals surface area contributed by atoms with E-state index in [2.05, 4.69) is 43.0 Å². The molecule has 0 saturated heterocycles. The molecule has 2 aliphatic rings. The molecule has 18 heavy (non-hydrogen) atoms. The van der Waals surface area contributed by atoms with E-state index in [0.29, 0.717) is 5.92 Å². The van der Waals surface area contributed by atoms with Gasteiger partial charge in [0.2, 0.25) is 5.91 Å². The predicted octanol–water partition coefficient (Wildman–Crippen LogP) is 3.10. The maximum atomic E-state index is 12.5. The summed E-state index contributed by atoms with van der Waals surface area (Å²) < 4.78 is 0. The molecule has 0 radical (unpaired) electrons. The molecule has 0 N–H and O–H groups in total. The van der Waals surface area contributed by atoms with Crippen LogP contribution in [0.15, 0.2) is 49.1 Å². The van der Waals surface area contributed by atoms with Crippen LogP contribution in [0, 0.1) is 11.3 Å². The van der Waals surface area contributed by atoms with Gasteiger partial charge >= 0.3 is 0 Å². The van der Waals surface area contributed by atoms with Crippen LogP contribution in [0.25, 0.3) is 0 Å². The summed E-state index contributed by atoms with van der Waals surface area (Å²) in [6.07, 6.45) is 15.5. The van der Waals surface area contributed by atoms with Crippen LogP contribution in [0.5, 0.6) is 0 Å². The average molecular weight is 243 g/mol. The molecule has 0 aromatic carbocycles. The molecule has 1 amide bonds. The highest BCUT2D eigenvalue weighted by Gasteiger charge is 2.36. The standard InChI is InChI=1S/C16H21NO/c1-4-16(2,3)15(18)17-12-8-11-14(17)13-9-6-5-7-10-13/h4-9,11,13-14H,1,10,12H2,2-3H3/t13?,14-/m0/s1. The molecule has 0 aromatic rings. The van der Waals surface area contributed by atoms with Gasteiger partial charge in [-0.25, -0.2) is 0 Å². The number of carbonyl (C=O) groups excluding carboxylic acids is 1. The number of rotatable bonds is 3. The van der Waals surface area contributed by atoms with Gasteiger partial charge in [0.15, 0.2) is 0 Å². The highest BCUT2D eigenvalue weighted by molar-refractivity contribution is 5.84. The van der Waals surface area contributed by atoms with E-state index in [1.807, 2.05) is 18.7 Å². The molecule has 2 nitrogen and oxygen atoms in total. The second-order valence-corrected chi connectivity index (χ2v) is 5.51. The number of carbonyl (C=O) groups is 1. The minimum atomic E-state index is -0.488. The second-order valence-electron chi connectivity index (χ2n) is 5.51. The van der Waals surface area contributed by atoms with Crippen molar-refractivity contribution in [2.75, 3.05) is 6.54 Å². The average Bonchev–Trinajstić information content (AvgIpc) is 2.87. The minimum absolute atomic E-state index is 0.162. The lowest BCUT2D eigenvalue weighted by Crippen LogP contribution is -2.45. The Morgan fingerprint density at radius 1 is 1.33 bits per heavy atom. The van der Waals surface area contributed by atoms with Gasteiger partial charge in [0.25, 0.3) is 0 Å². The monoisotopic (exact) mass is 243 g/mol. The molecule has 0 aromatic heterocycles. The van der Waals surface area contributed by atoms with Gasteiger partial charge in [-0.2, -0.15) is 0 Å². The summed E-state index contributed by atoms with van der Waals surface area (Å²) in [5, 5.41) is 0. The third-order valence-corrected chi connectivity index (χ3v) is 3.77. The summed E-state index contributed by atoms with van der Waals surface area (Å²) in [6, 6.07) is 0.193. The van der Waals surface area contributed by atoms with E-state index in [9.17, 15) is 4.79 Å². The summed E-state index contributed by atoms with van der Waals surface area (Å²) >= 11 is 0. The first-order valence-electron chi connectivity index (χ1n) is 6.51. The largest absolute Gasteiger partial charge is 0.331 e. The van der Waals surface area contributed by atoms with Crippen LogP contribution in [0.3, 0.4) is 0 Å². The zero-order valence-corrected chi connectivity index (χ0v) is 11.2. The van der Waals surface area contributed by atoms with Crippen molar-refractivity contribution < 1.29 is 4.79 Å². The quantitative estimate of drug-likeness (QED) is 0.697. The molecule has 1 aliphatic carbocycles. The van der Waals surface area contributed by atoms with Crippen molar-refractivity contribution in [1.82, 2.24) is 4.90 Å². The summed E-state index contributed by atoms with van der Waals surface area (Å²) in [7, 11) is 0. The van der Waals surface area contributed by atoms with Gasteiger partial charge in [0.05, 0.1) is 11.5 Å². The Labute approximate surface area is 109 Å². The highest BCUT2D eigenvalue weighted by atomic mass is 16.2. The Bertz CT molecular complexity index is 428. The van der Waals surface area contributed by atoms with Gasteiger partial charge in [-0.15, -0.1) is 6.58 Å². The molecule has 1 unspecified atom stereocenters. The Hall–Kier alpha value is -1.57. The van der Waals surface area contributed by atoms with E-state index in [-0.39, 0.29) is 11.9 Å². The van der Waals surface area contributed by atoms with E-state index in [4.69, 9.17) is 0 Å². The lowest BCUT2D eigenvalue weighted by atomic mass is 9.88. The molecule has 2 rings (SSSR count). The molecule has 0 spiro atoms. The molecule has 2 heteroatoms. The number of hydrogen-bond acceptors (Lipinski definition) is 1. The van der Waals surface area contributed by atoms with Crippen molar-refractivity contribution in [1.29, 1.82) is 0 Å². The van der Waals surface area contributed by atoms with Gasteiger partial charge in [-0.1, -0.05) is 42.5 Å². The topological polar surface area (TPSA) is 20.3 Å².